The first-order chi connectivity index (χ1) is 18.6. The Labute approximate surface area is 227 Å². The molecule has 5 rings (SSSR count). The number of anilines is 1. The molecular formula is C31H32FN3O4. The largest absolute Gasteiger partial charge is 0.456 e. The standard InChI is InChI=1S/C31H32FN3O4/c1-31(2,3)39-30(37)35-16-14-34(15-17-35)20-21-8-13-27-23(18-21)19-28(38-27)25-6-4-5-7-26(25)33-29(36)22-9-11-24(32)12-10-22/h4-13,18-19H,14-17,20H2,1-3H3,(H,33,36). The van der Waals surface area contributed by atoms with Gasteiger partial charge in [0.15, 0.2) is 0 Å². The molecule has 0 atom stereocenters. The van der Waals surface area contributed by atoms with Gasteiger partial charge in [-0.05, 0) is 80.9 Å². The average molecular weight is 530 g/mol. The highest BCUT2D eigenvalue weighted by molar-refractivity contribution is 6.06. The quantitative estimate of drug-likeness (QED) is 0.318. The van der Waals surface area contributed by atoms with Gasteiger partial charge in [-0.15, -0.1) is 0 Å². The van der Waals surface area contributed by atoms with Gasteiger partial charge in [0.2, 0.25) is 0 Å². The number of para-hydroxylation sites is 1. The number of ether oxygens (including phenoxy) is 1. The van der Waals surface area contributed by atoms with Gasteiger partial charge in [0.25, 0.3) is 5.91 Å². The van der Waals surface area contributed by atoms with Crippen LogP contribution in [0.1, 0.15) is 36.7 Å². The molecule has 0 saturated carbocycles. The highest BCUT2D eigenvalue weighted by Gasteiger charge is 2.26. The number of nitrogens with one attached hydrogen (secondary N) is 1. The third kappa shape index (κ3) is 6.46. The van der Waals surface area contributed by atoms with Gasteiger partial charge in [0.1, 0.15) is 22.8 Å². The molecule has 1 fully saturated rings. The first-order valence-corrected chi connectivity index (χ1v) is 13.0. The predicted molar refractivity (Wildman–Crippen MR) is 149 cm³/mol. The Morgan fingerprint density at radius 2 is 1.67 bits per heavy atom. The molecule has 0 spiro atoms. The van der Waals surface area contributed by atoms with Crippen LogP contribution in [0.2, 0.25) is 0 Å². The molecule has 3 aromatic carbocycles. The van der Waals surface area contributed by atoms with Crippen molar-refractivity contribution in [3.05, 3.63) is 89.7 Å². The van der Waals surface area contributed by atoms with Crippen molar-refractivity contribution in [2.75, 3.05) is 31.5 Å². The van der Waals surface area contributed by atoms with E-state index in [1.54, 1.807) is 4.90 Å². The lowest BCUT2D eigenvalue weighted by atomic mass is 10.1. The van der Waals surface area contributed by atoms with Crippen LogP contribution in [0.15, 0.2) is 77.2 Å². The highest BCUT2D eigenvalue weighted by atomic mass is 19.1. The Balaban J connectivity index is 1.27. The average Bonchev–Trinajstić information content (AvgIpc) is 3.32. The van der Waals surface area contributed by atoms with Crippen LogP contribution in [0, 0.1) is 5.82 Å². The number of hydrogen-bond donors (Lipinski definition) is 1. The number of halogens is 1. The first kappa shape index (κ1) is 26.4. The summed E-state index contributed by atoms with van der Waals surface area (Å²) < 4.78 is 24.9. The minimum Gasteiger partial charge on any atom is -0.456 e. The van der Waals surface area contributed by atoms with E-state index in [-0.39, 0.29) is 12.0 Å². The van der Waals surface area contributed by atoms with Gasteiger partial charge in [-0.1, -0.05) is 18.2 Å². The van der Waals surface area contributed by atoms with Crippen LogP contribution >= 0.6 is 0 Å². The SMILES string of the molecule is CC(C)(C)OC(=O)N1CCN(Cc2ccc3oc(-c4ccccc4NC(=O)c4ccc(F)cc4)cc3c2)CC1. The Morgan fingerprint density at radius 3 is 2.38 bits per heavy atom. The number of rotatable bonds is 5. The summed E-state index contributed by atoms with van der Waals surface area (Å²) in [6.07, 6.45) is -0.261. The van der Waals surface area contributed by atoms with Crippen LogP contribution in [-0.4, -0.2) is 53.6 Å². The molecular weight excluding hydrogens is 497 g/mol. The normalized spacial score (nSPS) is 14.4. The zero-order chi connectivity index (χ0) is 27.6. The number of amides is 2. The maximum Gasteiger partial charge on any atom is 0.410 e. The molecule has 8 heteroatoms. The van der Waals surface area contributed by atoms with Gasteiger partial charge in [-0.2, -0.15) is 0 Å². The second kappa shape index (κ2) is 10.9. The second-order valence-corrected chi connectivity index (χ2v) is 10.7. The maximum atomic E-state index is 13.3. The van der Waals surface area contributed by atoms with E-state index in [1.165, 1.54) is 24.3 Å². The molecule has 0 radical (unpaired) electrons. The van der Waals surface area contributed by atoms with Crippen molar-refractivity contribution >= 4 is 28.7 Å². The van der Waals surface area contributed by atoms with Crippen molar-refractivity contribution in [1.29, 1.82) is 0 Å². The Kier molecular flexibility index (Phi) is 7.39. The topological polar surface area (TPSA) is 75.0 Å². The van der Waals surface area contributed by atoms with Gasteiger partial charge < -0.3 is 19.4 Å². The lowest BCUT2D eigenvalue weighted by Crippen LogP contribution is -2.49. The van der Waals surface area contributed by atoms with E-state index < -0.39 is 11.4 Å². The molecule has 202 valence electrons. The molecule has 1 aliphatic heterocycles. The first-order valence-electron chi connectivity index (χ1n) is 13.0. The molecule has 1 aliphatic rings. The van der Waals surface area contributed by atoms with E-state index in [0.717, 1.165) is 41.7 Å². The zero-order valence-corrected chi connectivity index (χ0v) is 22.4. The van der Waals surface area contributed by atoms with Gasteiger partial charge in [0, 0.05) is 49.2 Å². The molecule has 1 N–H and O–H groups in total. The van der Waals surface area contributed by atoms with E-state index in [0.29, 0.717) is 30.1 Å². The summed E-state index contributed by atoms with van der Waals surface area (Å²) in [5.41, 5.74) is 3.13. The molecule has 1 aromatic heterocycles. The number of nitrogens with zero attached hydrogens (tertiary/aromatic N) is 2. The van der Waals surface area contributed by atoms with Crippen molar-refractivity contribution in [1.82, 2.24) is 9.80 Å². The van der Waals surface area contributed by atoms with Crippen LogP contribution in [0.25, 0.3) is 22.3 Å². The fourth-order valence-corrected chi connectivity index (χ4v) is 4.60. The third-order valence-corrected chi connectivity index (χ3v) is 6.56. The van der Waals surface area contributed by atoms with Gasteiger partial charge in [-0.3, -0.25) is 9.69 Å². The number of hydrogen-bond acceptors (Lipinski definition) is 5. The number of carbonyl (C=O) groups is 2. The summed E-state index contributed by atoms with van der Waals surface area (Å²) in [6, 6.07) is 21.0. The smallest absolute Gasteiger partial charge is 0.410 e. The maximum absolute atomic E-state index is 13.3. The van der Waals surface area contributed by atoms with Crippen LogP contribution in [0.5, 0.6) is 0 Å². The van der Waals surface area contributed by atoms with Crippen molar-refractivity contribution in [2.24, 2.45) is 0 Å². The van der Waals surface area contributed by atoms with E-state index in [2.05, 4.69) is 22.3 Å². The number of carbonyl (C=O) groups excluding carboxylic acids is 2. The zero-order valence-electron chi connectivity index (χ0n) is 22.4. The Morgan fingerprint density at radius 1 is 0.949 bits per heavy atom. The van der Waals surface area contributed by atoms with Crippen molar-refractivity contribution in [3.8, 4) is 11.3 Å². The summed E-state index contributed by atoms with van der Waals surface area (Å²) in [4.78, 5) is 29.2. The van der Waals surface area contributed by atoms with Gasteiger partial charge >= 0.3 is 6.09 Å². The van der Waals surface area contributed by atoms with Crippen molar-refractivity contribution < 1.29 is 23.1 Å². The Bertz CT molecular complexity index is 1480. The summed E-state index contributed by atoms with van der Waals surface area (Å²) >= 11 is 0. The van der Waals surface area contributed by atoms with Crippen LogP contribution < -0.4 is 5.32 Å². The highest BCUT2D eigenvalue weighted by Crippen LogP contribution is 2.33. The number of fused-ring (bicyclic) bond motifs is 1. The summed E-state index contributed by atoms with van der Waals surface area (Å²) in [6.45, 7) is 9.21. The molecule has 2 amide bonds. The summed E-state index contributed by atoms with van der Waals surface area (Å²) in [7, 11) is 0. The molecule has 0 bridgehead atoms. The molecule has 0 unspecified atom stereocenters. The van der Waals surface area contributed by atoms with E-state index >= 15 is 0 Å². The van der Waals surface area contributed by atoms with E-state index in [9.17, 15) is 14.0 Å². The molecule has 0 aliphatic carbocycles. The Hall–Kier alpha value is -4.17. The minimum absolute atomic E-state index is 0.261. The minimum atomic E-state index is -0.498. The van der Waals surface area contributed by atoms with Gasteiger partial charge in [0.05, 0.1) is 5.69 Å². The summed E-state index contributed by atoms with van der Waals surface area (Å²) in [5, 5.41) is 3.88. The predicted octanol–water partition coefficient (Wildman–Crippen LogP) is 6.54. The number of furan rings is 1. The number of piperazine rings is 1. The van der Waals surface area contributed by atoms with Crippen molar-refractivity contribution in [2.45, 2.75) is 32.9 Å². The lowest BCUT2D eigenvalue weighted by Gasteiger charge is -2.35. The van der Waals surface area contributed by atoms with Crippen molar-refractivity contribution in [3.63, 3.8) is 0 Å². The van der Waals surface area contributed by atoms with Crippen LogP contribution in [-0.2, 0) is 11.3 Å². The van der Waals surface area contributed by atoms with Gasteiger partial charge in [-0.25, -0.2) is 9.18 Å². The molecule has 4 aromatic rings. The third-order valence-electron chi connectivity index (χ3n) is 6.56. The fourth-order valence-electron chi connectivity index (χ4n) is 4.60. The summed E-state index contributed by atoms with van der Waals surface area (Å²) in [5.74, 6) is -0.0765. The van der Waals surface area contributed by atoms with E-state index in [1.807, 2.05) is 57.2 Å². The molecule has 2 heterocycles. The monoisotopic (exact) mass is 529 g/mol. The molecule has 1 saturated heterocycles. The second-order valence-electron chi connectivity index (χ2n) is 10.7. The lowest BCUT2D eigenvalue weighted by molar-refractivity contribution is 0.0139. The number of benzene rings is 3. The fraction of sp³-hybridized carbons (Fsp3) is 0.290. The molecule has 39 heavy (non-hydrogen) atoms. The molecule has 7 nitrogen and oxygen atoms in total. The van der Waals surface area contributed by atoms with Crippen LogP contribution in [0.3, 0.4) is 0 Å². The van der Waals surface area contributed by atoms with E-state index in [4.69, 9.17) is 9.15 Å². The van der Waals surface area contributed by atoms with Crippen LogP contribution in [0.4, 0.5) is 14.9 Å².